The van der Waals surface area contributed by atoms with Crippen molar-refractivity contribution in [3.8, 4) is 0 Å². The van der Waals surface area contributed by atoms with E-state index in [1.165, 1.54) is 6.07 Å². The predicted octanol–water partition coefficient (Wildman–Crippen LogP) is 2.90. The van der Waals surface area contributed by atoms with Crippen molar-refractivity contribution in [3.63, 3.8) is 0 Å². The molecule has 2 aromatic rings. The molecule has 0 N–H and O–H groups in total. The third kappa shape index (κ3) is 2.58. The Morgan fingerprint density at radius 2 is 2.06 bits per heavy atom. The molecule has 1 aromatic heterocycles. The van der Waals surface area contributed by atoms with Crippen molar-refractivity contribution in [1.82, 2.24) is 14.8 Å². The minimum atomic E-state index is -0.162. The number of hydrogen-bond acceptors (Lipinski definition) is 2. The highest BCUT2D eigenvalue weighted by atomic mass is 19.1. The van der Waals surface area contributed by atoms with E-state index in [9.17, 15) is 4.39 Å². The number of aryl methyl sites for hydroxylation is 3. The van der Waals surface area contributed by atoms with Gasteiger partial charge in [0, 0.05) is 19.4 Å². The van der Waals surface area contributed by atoms with Gasteiger partial charge in [-0.05, 0) is 31.0 Å². The third-order valence-corrected chi connectivity index (χ3v) is 2.99. The first-order valence-electron chi connectivity index (χ1n) is 6.31. The van der Waals surface area contributed by atoms with Crippen LogP contribution >= 0.6 is 0 Å². The summed E-state index contributed by atoms with van der Waals surface area (Å²) in [5.74, 6) is 1.65. The van der Waals surface area contributed by atoms with E-state index in [-0.39, 0.29) is 5.82 Å². The fraction of sp³-hybridized carbons (Fsp3) is 0.429. The molecular weight excluding hydrogens is 229 g/mol. The van der Waals surface area contributed by atoms with E-state index in [2.05, 4.69) is 10.1 Å². The van der Waals surface area contributed by atoms with E-state index < -0.39 is 0 Å². The quantitative estimate of drug-likeness (QED) is 0.831. The molecule has 0 aliphatic carbocycles. The Morgan fingerprint density at radius 1 is 1.28 bits per heavy atom. The Morgan fingerprint density at radius 3 is 2.67 bits per heavy atom. The SMILES string of the molecule is CCc1nc(Cc2ccc(F)c(C)c2)n(CC)n1. The fourth-order valence-electron chi connectivity index (χ4n) is 1.96. The summed E-state index contributed by atoms with van der Waals surface area (Å²) in [6, 6.07) is 5.19. The Bertz CT molecular complexity index is 546. The van der Waals surface area contributed by atoms with Crippen LogP contribution in [0.15, 0.2) is 18.2 Å². The molecule has 0 saturated carbocycles. The molecule has 0 atom stereocenters. The van der Waals surface area contributed by atoms with Gasteiger partial charge in [0.2, 0.25) is 0 Å². The van der Waals surface area contributed by atoms with Crippen LogP contribution in [-0.4, -0.2) is 14.8 Å². The van der Waals surface area contributed by atoms with Crippen LogP contribution in [0.4, 0.5) is 4.39 Å². The average molecular weight is 247 g/mol. The normalized spacial score (nSPS) is 10.9. The zero-order chi connectivity index (χ0) is 13.1. The largest absolute Gasteiger partial charge is 0.250 e. The van der Waals surface area contributed by atoms with Crippen molar-refractivity contribution in [2.24, 2.45) is 0 Å². The molecule has 0 radical (unpaired) electrons. The lowest BCUT2D eigenvalue weighted by Crippen LogP contribution is -2.04. The van der Waals surface area contributed by atoms with Crippen LogP contribution in [0, 0.1) is 12.7 Å². The Kier molecular flexibility index (Phi) is 3.75. The summed E-state index contributed by atoms with van der Waals surface area (Å²) in [6.45, 7) is 6.68. The fourth-order valence-corrected chi connectivity index (χ4v) is 1.96. The van der Waals surface area contributed by atoms with E-state index in [1.54, 1.807) is 6.92 Å². The van der Waals surface area contributed by atoms with E-state index in [4.69, 9.17) is 0 Å². The van der Waals surface area contributed by atoms with Crippen molar-refractivity contribution >= 4 is 0 Å². The van der Waals surface area contributed by atoms with Crippen LogP contribution in [-0.2, 0) is 19.4 Å². The first-order valence-corrected chi connectivity index (χ1v) is 6.31. The topological polar surface area (TPSA) is 30.7 Å². The van der Waals surface area contributed by atoms with Crippen LogP contribution in [0.3, 0.4) is 0 Å². The number of aromatic nitrogens is 3. The summed E-state index contributed by atoms with van der Waals surface area (Å²) in [4.78, 5) is 4.51. The van der Waals surface area contributed by atoms with Crippen molar-refractivity contribution in [2.75, 3.05) is 0 Å². The molecule has 1 aromatic carbocycles. The zero-order valence-electron chi connectivity index (χ0n) is 11.1. The summed E-state index contributed by atoms with van der Waals surface area (Å²) in [5.41, 5.74) is 1.74. The molecule has 0 bridgehead atoms. The molecule has 0 unspecified atom stereocenters. The van der Waals surface area contributed by atoms with Gasteiger partial charge < -0.3 is 0 Å². The Balaban J connectivity index is 2.27. The third-order valence-electron chi connectivity index (χ3n) is 2.99. The number of hydrogen-bond donors (Lipinski definition) is 0. The highest BCUT2D eigenvalue weighted by Crippen LogP contribution is 2.13. The summed E-state index contributed by atoms with van der Waals surface area (Å²) in [5, 5.41) is 4.41. The van der Waals surface area contributed by atoms with Gasteiger partial charge >= 0.3 is 0 Å². The summed E-state index contributed by atoms with van der Waals surface area (Å²) in [7, 11) is 0. The van der Waals surface area contributed by atoms with Crippen molar-refractivity contribution in [1.29, 1.82) is 0 Å². The molecule has 96 valence electrons. The molecule has 0 spiro atoms. The van der Waals surface area contributed by atoms with Gasteiger partial charge in [0.25, 0.3) is 0 Å². The summed E-state index contributed by atoms with van der Waals surface area (Å²) >= 11 is 0. The molecule has 3 nitrogen and oxygen atoms in total. The van der Waals surface area contributed by atoms with Crippen molar-refractivity contribution in [2.45, 2.75) is 40.2 Å². The minimum absolute atomic E-state index is 0.162. The van der Waals surface area contributed by atoms with Gasteiger partial charge in [0.05, 0.1) is 0 Å². The molecule has 0 aliphatic heterocycles. The van der Waals surface area contributed by atoms with E-state index in [0.717, 1.165) is 30.2 Å². The average Bonchev–Trinajstić information content (AvgIpc) is 2.76. The van der Waals surface area contributed by atoms with E-state index in [0.29, 0.717) is 12.0 Å². The van der Waals surface area contributed by atoms with E-state index in [1.807, 2.05) is 30.7 Å². The maximum Gasteiger partial charge on any atom is 0.150 e. The Hall–Kier alpha value is -1.71. The smallest absolute Gasteiger partial charge is 0.150 e. The van der Waals surface area contributed by atoms with Crippen LogP contribution in [0.2, 0.25) is 0 Å². The van der Waals surface area contributed by atoms with Gasteiger partial charge in [-0.3, -0.25) is 0 Å². The second kappa shape index (κ2) is 5.29. The summed E-state index contributed by atoms with van der Waals surface area (Å²) < 4.78 is 15.1. The Labute approximate surface area is 107 Å². The number of halogens is 1. The highest BCUT2D eigenvalue weighted by Gasteiger charge is 2.09. The monoisotopic (exact) mass is 247 g/mol. The standard InChI is InChI=1S/C14H18FN3/c1-4-13-16-14(18(5-2)17-13)9-11-6-7-12(15)10(3)8-11/h6-8H,4-5,9H2,1-3H3. The zero-order valence-corrected chi connectivity index (χ0v) is 11.1. The second-order valence-electron chi connectivity index (χ2n) is 4.37. The van der Waals surface area contributed by atoms with Gasteiger partial charge in [0.1, 0.15) is 11.6 Å². The summed E-state index contributed by atoms with van der Waals surface area (Å²) in [6.07, 6.45) is 1.53. The van der Waals surface area contributed by atoms with Gasteiger partial charge in [-0.15, -0.1) is 0 Å². The second-order valence-corrected chi connectivity index (χ2v) is 4.37. The lowest BCUT2D eigenvalue weighted by atomic mass is 10.1. The van der Waals surface area contributed by atoms with Gasteiger partial charge in [0.15, 0.2) is 5.82 Å². The van der Waals surface area contributed by atoms with Crippen LogP contribution in [0.5, 0.6) is 0 Å². The first-order chi connectivity index (χ1) is 8.63. The molecule has 1 heterocycles. The molecule has 4 heteroatoms. The van der Waals surface area contributed by atoms with Gasteiger partial charge in [-0.25, -0.2) is 14.1 Å². The number of nitrogens with zero attached hydrogens (tertiary/aromatic N) is 3. The van der Waals surface area contributed by atoms with Crippen molar-refractivity contribution in [3.05, 3.63) is 46.8 Å². The van der Waals surface area contributed by atoms with E-state index >= 15 is 0 Å². The lowest BCUT2D eigenvalue weighted by Gasteiger charge is -2.04. The number of benzene rings is 1. The highest BCUT2D eigenvalue weighted by molar-refractivity contribution is 5.26. The number of rotatable bonds is 4. The minimum Gasteiger partial charge on any atom is -0.250 e. The van der Waals surface area contributed by atoms with Crippen LogP contribution in [0.1, 0.15) is 36.6 Å². The molecular formula is C14H18FN3. The maximum atomic E-state index is 13.2. The van der Waals surface area contributed by atoms with Gasteiger partial charge in [-0.1, -0.05) is 19.1 Å². The predicted molar refractivity (Wildman–Crippen MR) is 69.0 cm³/mol. The molecule has 0 fully saturated rings. The molecule has 0 aliphatic rings. The lowest BCUT2D eigenvalue weighted by molar-refractivity contribution is 0.612. The molecule has 2 rings (SSSR count). The molecule has 0 amide bonds. The maximum absolute atomic E-state index is 13.2. The molecule has 0 saturated heterocycles. The van der Waals surface area contributed by atoms with Crippen LogP contribution < -0.4 is 0 Å². The van der Waals surface area contributed by atoms with Crippen molar-refractivity contribution < 1.29 is 4.39 Å². The first kappa shape index (κ1) is 12.7. The van der Waals surface area contributed by atoms with Gasteiger partial charge in [-0.2, -0.15) is 5.10 Å². The molecule has 18 heavy (non-hydrogen) atoms. The van der Waals surface area contributed by atoms with Crippen LogP contribution in [0.25, 0.3) is 0 Å².